The minimum absolute atomic E-state index is 0.0526. The first kappa shape index (κ1) is 23.5. The third-order valence-electron chi connectivity index (χ3n) is 4.28. The molecule has 12 nitrogen and oxygen atoms in total. The molecule has 1 aromatic heterocycles. The van der Waals surface area contributed by atoms with Crippen molar-refractivity contribution < 1.29 is 22.6 Å². The van der Waals surface area contributed by atoms with E-state index in [2.05, 4.69) is 41.3 Å². The Balaban J connectivity index is 1.68. The molecule has 0 spiro atoms. The lowest BCUT2D eigenvalue weighted by Gasteiger charge is -2.46. The van der Waals surface area contributed by atoms with Crippen molar-refractivity contribution in [2.45, 2.75) is 25.4 Å². The zero-order chi connectivity index (χ0) is 22.8. The second-order valence-corrected chi connectivity index (χ2v) is 9.95. The molecule has 0 amide bonds. The number of aromatic nitrogens is 2. The van der Waals surface area contributed by atoms with Gasteiger partial charge in [-0.15, -0.1) is 0 Å². The first-order chi connectivity index (χ1) is 14.5. The lowest BCUT2D eigenvalue weighted by atomic mass is 9.94. The third-order valence-corrected chi connectivity index (χ3v) is 6.59. The molecule has 0 saturated carbocycles. The van der Waals surface area contributed by atoms with E-state index in [9.17, 15) is 18.0 Å². The van der Waals surface area contributed by atoms with Crippen molar-refractivity contribution in [3.63, 3.8) is 0 Å². The Labute approximate surface area is 186 Å². The van der Waals surface area contributed by atoms with Crippen molar-refractivity contribution in [2.24, 2.45) is 10.7 Å². The highest BCUT2D eigenvalue weighted by molar-refractivity contribution is 9.10. The van der Waals surface area contributed by atoms with Crippen molar-refractivity contribution >= 4 is 43.5 Å². The van der Waals surface area contributed by atoms with Gasteiger partial charge >= 0.3 is 0 Å². The Morgan fingerprint density at radius 1 is 1.45 bits per heavy atom. The van der Waals surface area contributed by atoms with Crippen molar-refractivity contribution in [3.05, 3.63) is 34.2 Å². The summed E-state index contributed by atoms with van der Waals surface area (Å²) in [6, 6.07) is 3.80. The molecule has 0 atom stereocenters. The second-order valence-electron chi connectivity index (χ2n) is 7.39. The quantitative estimate of drug-likeness (QED) is 0.191. The summed E-state index contributed by atoms with van der Waals surface area (Å²) in [7, 11) is -3.60. The molecule has 2 heterocycles. The number of halogens is 2. The molecule has 0 unspecified atom stereocenters. The van der Waals surface area contributed by atoms with Crippen molar-refractivity contribution in [1.29, 1.82) is 0 Å². The maximum absolute atomic E-state index is 13.4. The Morgan fingerprint density at radius 3 is 2.77 bits per heavy atom. The third kappa shape index (κ3) is 5.55. The smallest absolute Gasteiger partial charge is 0.279 e. The summed E-state index contributed by atoms with van der Waals surface area (Å²) in [5.41, 5.74) is 7.69. The highest BCUT2D eigenvalue weighted by Crippen LogP contribution is 2.25. The second kappa shape index (κ2) is 9.13. The van der Waals surface area contributed by atoms with Gasteiger partial charge in [-0.05, 0) is 58.3 Å². The average Bonchev–Trinajstić information content (AvgIpc) is 3.12. The van der Waals surface area contributed by atoms with Gasteiger partial charge in [-0.1, -0.05) is 0 Å². The number of nitrogens with one attached hydrogen (secondary N) is 3. The molecule has 1 aliphatic heterocycles. The number of hydroxylamine groups is 1. The number of hydrogen-bond acceptors (Lipinski definition) is 9. The van der Waals surface area contributed by atoms with Crippen molar-refractivity contribution in [1.82, 2.24) is 24.8 Å². The van der Waals surface area contributed by atoms with Gasteiger partial charge in [-0.2, -0.15) is 17.4 Å². The molecule has 2 aromatic rings. The van der Waals surface area contributed by atoms with E-state index in [-0.39, 0.29) is 47.5 Å². The van der Waals surface area contributed by atoms with Gasteiger partial charge in [0.2, 0.25) is 5.82 Å². The molecule has 0 aliphatic carbocycles. The first-order valence-electron chi connectivity index (χ1n) is 9.10. The molecule has 0 bridgehead atoms. The number of aliphatic imine (C=N–C) groups is 1. The van der Waals surface area contributed by atoms with Crippen LogP contribution < -0.4 is 21.3 Å². The van der Waals surface area contributed by atoms with E-state index >= 15 is 0 Å². The van der Waals surface area contributed by atoms with Gasteiger partial charge in [-0.3, -0.25) is 10.7 Å². The Morgan fingerprint density at radius 2 is 2.16 bits per heavy atom. The van der Waals surface area contributed by atoms with Crippen LogP contribution in [0.2, 0.25) is 0 Å². The van der Waals surface area contributed by atoms with Gasteiger partial charge in [-0.25, -0.2) is 14.0 Å². The zero-order valence-electron chi connectivity index (χ0n) is 16.6. The summed E-state index contributed by atoms with van der Waals surface area (Å²) in [5, 5.41) is 19.9. The highest BCUT2D eigenvalue weighted by Gasteiger charge is 2.45. The molecule has 31 heavy (non-hydrogen) atoms. The number of benzene rings is 1. The number of nitrogens with two attached hydrogens (primary N) is 1. The number of nitrogens with zero attached hydrogens (tertiary/aromatic N) is 4. The van der Waals surface area contributed by atoms with Crippen LogP contribution in [-0.4, -0.2) is 65.3 Å². The van der Waals surface area contributed by atoms with Crippen LogP contribution in [0.3, 0.4) is 0 Å². The first-order valence-corrected chi connectivity index (χ1v) is 11.3. The Hall–Kier alpha value is -2.17. The molecule has 3 rings (SSSR count). The molecule has 170 valence electrons. The van der Waals surface area contributed by atoms with E-state index in [0.717, 1.165) is 0 Å². The summed E-state index contributed by atoms with van der Waals surface area (Å²) >= 11 is 3.06. The normalized spacial score (nSPS) is 16.9. The molecule has 15 heteroatoms. The predicted octanol–water partition coefficient (Wildman–Crippen LogP) is 0.696. The fraction of sp³-hybridized carbons (Fsp3) is 0.438. The summed E-state index contributed by atoms with van der Waals surface area (Å²) in [5.74, 6) is -0.434. The fourth-order valence-corrected chi connectivity index (χ4v) is 4.81. The van der Waals surface area contributed by atoms with Gasteiger partial charge in [0.25, 0.3) is 10.2 Å². The molecule has 1 saturated heterocycles. The molecule has 1 fully saturated rings. The van der Waals surface area contributed by atoms with Gasteiger partial charge in [0, 0.05) is 25.7 Å². The molecule has 1 aliphatic rings. The van der Waals surface area contributed by atoms with E-state index < -0.39 is 21.6 Å². The van der Waals surface area contributed by atoms with Crippen LogP contribution in [0.1, 0.15) is 19.5 Å². The summed E-state index contributed by atoms with van der Waals surface area (Å²) in [6.45, 7) is 3.82. The minimum atomic E-state index is -3.60. The number of amidine groups is 1. The minimum Gasteiger partial charge on any atom is -0.363 e. The van der Waals surface area contributed by atoms with Crippen molar-refractivity contribution in [2.75, 3.05) is 25.0 Å². The summed E-state index contributed by atoms with van der Waals surface area (Å²) in [6.07, 6.45) is 0. The number of hydrogen-bond donors (Lipinski definition) is 5. The maximum atomic E-state index is 13.4. The monoisotopic (exact) mass is 520 g/mol. The SMILES string of the molecule is CC(C)NS(=O)(=O)N1CC(N)(CNc2nonc2C(=Nc2ccc(F)c(Br)c2)NO)C1. The molecular formula is C16H22BrFN8O4S. The lowest BCUT2D eigenvalue weighted by molar-refractivity contribution is 0.167. The summed E-state index contributed by atoms with van der Waals surface area (Å²) < 4.78 is 46.4. The van der Waals surface area contributed by atoms with E-state index in [1.54, 1.807) is 13.8 Å². The van der Waals surface area contributed by atoms with Crippen LogP contribution in [0.25, 0.3) is 0 Å². The standard InChI is InChI=1S/C16H22BrFN8O4S/c1-9(2)25-31(28,29)26-7-16(19,8-26)6-20-14-13(23-30-24-14)15(22-27)21-10-3-4-12(18)11(17)5-10/h3-5,9,25,27H,6-8,19H2,1-2H3,(H,20,24)(H,21,22). The zero-order valence-corrected chi connectivity index (χ0v) is 19.0. The van der Waals surface area contributed by atoms with Crippen LogP contribution in [0.5, 0.6) is 0 Å². The van der Waals surface area contributed by atoms with Crippen LogP contribution in [-0.2, 0) is 10.2 Å². The topological polar surface area (TPSA) is 171 Å². The van der Waals surface area contributed by atoms with E-state index in [4.69, 9.17) is 10.4 Å². The fourth-order valence-electron chi connectivity index (χ4n) is 2.84. The van der Waals surface area contributed by atoms with Gasteiger partial charge in [0.05, 0.1) is 15.7 Å². The number of rotatable bonds is 8. The van der Waals surface area contributed by atoms with Gasteiger partial charge in [0.15, 0.2) is 11.5 Å². The van der Waals surface area contributed by atoms with Crippen LogP contribution in [0.15, 0.2) is 32.3 Å². The molecule has 6 N–H and O–H groups in total. The molecule has 0 radical (unpaired) electrons. The van der Waals surface area contributed by atoms with E-state index in [0.29, 0.717) is 5.69 Å². The van der Waals surface area contributed by atoms with E-state index in [1.165, 1.54) is 22.5 Å². The van der Waals surface area contributed by atoms with Crippen LogP contribution in [0.4, 0.5) is 15.9 Å². The number of anilines is 1. The highest BCUT2D eigenvalue weighted by atomic mass is 79.9. The predicted molar refractivity (Wildman–Crippen MR) is 114 cm³/mol. The van der Waals surface area contributed by atoms with Gasteiger partial charge in [0.1, 0.15) is 5.82 Å². The lowest BCUT2D eigenvalue weighted by Crippen LogP contribution is -2.72. The van der Waals surface area contributed by atoms with Crippen molar-refractivity contribution in [3.8, 4) is 0 Å². The summed E-state index contributed by atoms with van der Waals surface area (Å²) in [4.78, 5) is 4.16. The Bertz CT molecular complexity index is 1070. The maximum Gasteiger partial charge on any atom is 0.279 e. The molecular weight excluding hydrogens is 499 g/mol. The van der Waals surface area contributed by atoms with E-state index in [1.807, 2.05) is 5.48 Å². The average molecular weight is 521 g/mol. The molecule has 1 aromatic carbocycles. The Kier molecular flexibility index (Phi) is 6.92. The largest absolute Gasteiger partial charge is 0.363 e. The van der Waals surface area contributed by atoms with Crippen LogP contribution >= 0.6 is 15.9 Å². The van der Waals surface area contributed by atoms with Gasteiger partial charge < -0.3 is 11.1 Å². The van der Waals surface area contributed by atoms with Crippen LogP contribution in [0, 0.1) is 5.82 Å².